The van der Waals surface area contributed by atoms with Gasteiger partial charge in [-0.15, -0.1) is 0 Å². The van der Waals surface area contributed by atoms with Crippen molar-refractivity contribution in [1.29, 1.82) is 0 Å². The first-order chi connectivity index (χ1) is 37.2. The van der Waals surface area contributed by atoms with E-state index in [2.05, 4.69) is 43.5 Å². The predicted octanol–water partition coefficient (Wildman–Crippen LogP) is 23.5. The molecule has 0 saturated carbocycles. The lowest BCUT2D eigenvalue weighted by atomic mass is 10.0. The van der Waals surface area contributed by atoms with Crippen LogP contribution in [0.5, 0.6) is 0 Å². The molecule has 0 aromatic carbocycles. The van der Waals surface area contributed by atoms with Gasteiger partial charge in [-0.2, -0.15) is 0 Å². The van der Waals surface area contributed by atoms with Crippen LogP contribution >= 0.6 is 0 Å². The SMILES string of the molecule is CCCCCCCCCC/C=C\CCCCCCCCCCCCCCCCCCCCCCCCCC(=O)NC(CO)C(O)/C=C/CC/C=C/CCCCCCCCCCCCCCCCCCCCCCCC. The number of nitrogens with one attached hydrogen (secondary N) is 1. The van der Waals surface area contributed by atoms with E-state index in [-0.39, 0.29) is 12.5 Å². The van der Waals surface area contributed by atoms with E-state index in [1.165, 1.54) is 340 Å². The van der Waals surface area contributed by atoms with Crippen molar-refractivity contribution in [2.75, 3.05) is 6.61 Å². The minimum Gasteiger partial charge on any atom is -0.394 e. The fraction of sp³-hybridized carbons (Fsp3) is 0.901. The highest BCUT2D eigenvalue weighted by molar-refractivity contribution is 5.76. The summed E-state index contributed by atoms with van der Waals surface area (Å²) >= 11 is 0. The molecule has 0 aromatic rings. The summed E-state index contributed by atoms with van der Waals surface area (Å²) in [6.07, 6.45) is 92.4. The molecule has 0 heterocycles. The van der Waals surface area contributed by atoms with E-state index >= 15 is 0 Å². The minimum absolute atomic E-state index is 0.0653. The fourth-order valence-corrected chi connectivity index (χ4v) is 11.1. The molecule has 3 N–H and O–H groups in total. The molecule has 444 valence electrons. The lowest BCUT2D eigenvalue weighted by Crippen LogP contribution is -2.45. The lowest BCUT2D eigenvalue weighted by Gasteiger charge is -2.19. The van der Waals surface area contributed by atoms with E-state index in [0.717, 1.165) is 32.1 Å². The smallest absolute Gasteiger partial charge is 0.220 e. The van der Waals surface area contributed by atoms with Crippen LogP contribution in [0.25, 0.3) is 0 Å². The van der Waals surface area contributed by atoms with Crippen LogP contribution in [0.4, 0.5) is 0 Å². The summed E-state index contributed by atoms with van der Waals surface area (Å²) in [6, 6.07) is -0.639. The number of carbonyl (C=O) groups is 1. The molecule has 0 spiro atoms. The predicted molar refractivity (Wildman–Crippen MR) is 336 cm³/mol. The van der Waals surface area contributed by atoms with Gasteiger partial charge in [-0.1, -0.05) is 365 Å². The first kappa shape index (κ1) is 73.6. The third-order valence-corrected chi connectivity index (χ3v) is 16.3. The van der Waals surface area contributed by atoms with Gasteiger partial charge < -0.3 is 15.5 Å². The van der Waals surface area contributed by atoms with Crippen LogP contribution in [0, 0.1) is 0 Å². The number of unbranched alkanes of at least 4 members (excludes halogenated alkanes) is 54. The maximum Gasteiger partial charge on any atom is 0.220 e. The monoisotopic (exact) mass is 1050 g/mol. The Labute approximate surface area is 472 Å². The van der Waals surface area contributed by atoms with Crippen LogP contribution in [-0.2, 0) is 4.79 Å². The molecule has 75 heavy (non-hydrogen) atoms. The van der Waals surface area contributed by atoms with Gasteiger partial charge in [0.1, 0.15) is 0 Å². The normalized spacial score (nSPS) is 12.9. The Hall–Kier alpha value is -1.39. The summed E-state index contributed by atoms with van der Waals surface area (Å²) in [5, 5.41) is 23.3. The summed E-state index contributed by atoms with van der Waals surface area (Å²) in [5.41, 5.74) is 0. The number of aliphatic hydroxyl groups is 2. The molecule has 4 heteroatoms. The van der Waals surface area contributed by atoms with Gasteiger partial charge in [-0.05, 0) is 57.8 Å². The molecule has 0 radical (unpaired) electrons. The summed E-state index contributed by atoms with van der Waals surface area (Å²) in [4.78, 5) is 12.5. The zero-order valence-electron chi connectivity index (χ0n) is 51.3. The summed E-state index contributed by atoms with van der Waals surface area (Å²) < 4.78 is 0. The molecule has 0 aromatic heterocycles. The van der Waals surface area contributed by atoms with Crippen LogP contribution < -0.4 is 5.32 Å². The standard InChI is InChI=1S/C71H137NO3/c1-3-5-7-9-11-13-15-17-19-21-23-25-27-29-31-33-34-35-36-37-38-39-41-43-45-47-49-51-53-55-57-59-61-63-65-67-71(75)72-69(68-73)70(74)66-64-62-60-58-56-54-52-50-48-46-44-42-40-32-30-28-26-24-22-20-18-16-14-12-10-8-6-4-2/h21,23,56,58,64,66,69-70,73-74H,3-20,22,24-55,57,59-63,65,67-68H2,1-2H3,(H,72,75)/b23-21-,58-56+,66-64+. The van der Waals surface area contributed by atoms with Gasteiger partial charge in [0, 0.05) is 6.42 Å². The maximum absolute atomic E-state index is 12.5. The van der Waals surface area contributed by atoms with Crippen molar-refractivity contribution in [2.24, 2.45) is 0 Å². The molecule has 0 saturated heterocycles. The number of amides is 1. The van der Waals surface area contributed by atoms with Crippen molar-refractivity contribution < 1.29 is 15.0 Å². The third-order valence-electron chi connectivity index (χ3n) is 16.3. The van der Waals surface area contributed by atoms with Crippen molar-refractivity contribution in [3.8, 4) is 0 Å². The average molecular weight is 1050 g/mol. The topological polar surface area (TPSA) is 69.6 Å². The van der Waals surface area contributed by atoms with E-state index in [9.17, 15) is 15.0 Å². The highest BCUT2D eigenvalue weighted by Gasteiger charge is 2.18. The molecule has 0 fully saturated rings. The first-order valence-electron chi connectivity index (χ1n) is 34.7. The Morgan fingerprint density at radius 2 is 0.520 bits per heavy atom. The average Bonchev–Trinajstić information content (AvgIpc) is 3.41. The van der Waals surface area contributed by atoms with Gasteiger partial charge in [0.25, 0.3) is 0 Å². The van der Waals surface area contributed by atoms with E-state index < -0.39 is 12.1 Å². The summed E-state index contributed by atoms with van der Waals surface area (Å²) in [5.74, 6) is -0.0653. The van der Waals surface area contributed by atoms with Crippen LogP contribution in [0.15, 0.2) is 36.5 Å². The molecular weight excluding hydrogens is 915 g/mol. The van der Waals surface area contributed by atoms with Gasteiger partial charge in [0.05, 0.1) is 18.8 Å². The second-order valence-electron chi connectivity index (χ2n) is 23.9. The zero-order chi connectivity index (χ0) is 54.1. The van der Waals surface area contributed by atoms with Gasteiger partial charge in [-0.3, -0.25) is 4.79 Å². The number of hydrogen-bond donors (Lipinski definition) is 3. The van der Waals surface area contributed by atoms with Gasteiger partial charge in [-0.25, -0.2) is 0 Å². The number of allylic oxidation sites excluding steroid dienone is 5. The first-order valence-corrected chi connectivity index (χ1v) is 34.7. The second-order valence-corrected chi connectivity index (χ2v) is 23.9. The molecule has 2 unspecified atom stereocenters. The second kappa shape index (κ2) is 66.9. The van der Waals surface area contributed by atoms with Crippen LogP contribution in [0.1, 0.15) is 393 Å². The fourth-order valence-electron chi connectivity index (χ4n) is 11.1. The molecule has 0 aliphatic rings. The van der Waals surface area contributed by atoms with Gasteiger partial charge >= 0.3 is 0 Å². The molecular formula is C71H137NO3. The molecule has 1 amide bonds. The Morgan fingerprint density at radius 3 is 0.773 bits per heavy atom. The molecule has 2 atom stereocenters. The highest BCUT2D eigenvalue weighted by Crippen LogP contribution is 2.19. The van der Waals surface area contributed by atoms with E-state index in [1.54, 1.807) is 6.08 Å². The third kappa shape index (κ3) is 63.3. The van der Waals surface area contributed by atoms with Crippen molar-refractivity contribution in [3.05, 3.63) is 36.5 Å². The van der Waals surface area contributed by atoms with Crippen molar-refractivity contribution in [1.82, 2.24) is 5.32 Å². The molecule has 0 aliphatic heterocycles. The maximum atomic E-state index is 12.5. The molecule has 0 aliphatic carbocycles. The number of hydrogen-bond acceptors (Lipinski definition) is 3. The van der Waals surface area contributed by atoms with Crippen molar-refractivity contribution >= 4 is 5.91 Å². The van der Waals surface area contributed by atoms with Gasteiger partial charge in [0.2, 0.25) is 5.91 Å². The lowest BCUT2D eigenvalue weighted by molar-refractivity contribution is -0.123. The van der Waals surface area contributed by atoms with Crippen LogP contribution in [-0.4, -0.2) is 34.9 Å². The Bertz CT molecular complexity index is 1150. The Morgan fingerprint density at radius 1 is 0.307 bits per heavy atom. The number of aliphatic hydroxyl groups excluding tert-OH is 2. The quantitative estimate of drug-likeness (QED) is 0.0420. The summed E-state index contributed by atoms with van der Waals surface area (Å²) in [7, 11) is 0. The van der Waals surface area contributed by atoms with Gasteiger partial charge in [0.15, 0.2) is 0 Å². The van der Waals surface area contributed by atoms with E-state index in [4.69, 9.17) is 0 Å². The van der Waals surface area contributed by atoms with Crippen LogP contribution in [0.3, 0.4) is 0 Å². The Balaban J connectivity index is 3.43. The highest BCUT2D eigenvalue weighted by atomic mass is 16.3. The van der Waals surface area contributed by atoms with Crippen molar-refractivity contribution in [3.63, 3.8) is 0 Å². The number of carbonyl (C=O) groups excluding carboxylic acids is 1. The van der Waals surface area contributed by atoms with Crippen LogP contribution in [0.2, 0.25) is 0 Å². The van der Waals surface area contributed by atoms with Crippen molar-refractivity contribution in [2.45, 2.75) is 405 Å². The molecule has 0 rings (SSSR count). The molecule has 0 bridgehead atoms. The van der Waals surface area contributed by atoms with E-state index in [1.807, 2.05) is 6.08 Å². The molecule has 4 nitrogen and oxygen atoms in total. The van der Waals surface area contributed by atoms with E-state index in [0.29, 0.717) is 6.42 Å². The zero-order valence-corrected chi connectivity index (χ0v) is 51.3. The minimum atomic E-state index is -0.862. The number of rotatable bonds is 65. The summed E-state index contributed by atoms with van der Waals surface area (Å²) in [6.45, 7) is 4.34. The Kier molecular flexibility index (Phi) is 65.6. The largest absolute Gasteiger partial charge is 0.394 e.